The van der Waals surface area contributed by atoms with E-state index in [1.165, 1.54) is 18.4 Å². The van der Waals surface area contributed by atoms with Gasteiger partial charge in [0.05, 0.1) is 10.4 Å². The third kappa shape index (κ3) is 3.43. The molecule has 2 rings (SSSR count). The molecule has 1 amide bonds. The lowest BCUT2D eigenvalue weighted by molar-refractivity contribution is -0.127. The average Bonchev–Trinajstić information content (AvgIpc) is 2.42. The molecule has 0 aromatic heterocycles. The molecule has 1 saturated carbocycles. The maximum atomic E-state index is 12.5. The van der Waals surface area contributed by atoms with Gasteiger partial charge in [0.15, 0.2) is 0 Å². The lowest BCUT2D eigenvalue weighted by Crippen LogP contribution is -2.53. The number of nitrogens with one attached hydrogen (secondary N) is 1. The Morgan fingerprint density at radius 3 is 2.48 bits per heavy atom. The SMILES string of the molecule is CCCCc1ccc(NC(=O)C2(C(N)=S)CC(C)C2)cc1. The Hall–Kier alpha value is -1.42. The second-order valence-electron chi connectivity index (χ2n) is 6.21. The van der Waals surface area contributed by atoms with Gasteiger partial charge in [0.25, 0.3) is 0 Å². The summed E-state index contributed by atoms with van der Waals surface area (Å²) >= 11 is 5.11. The first-order valence-electron chi connectivity index (χ1n) is 7.68. The van der Waals surface area contributed by atoms with Crippen LogP contribution in [0.1, 0.15) is 45.1 Å². The number of hydrogen-bond acceptors (Lipinski definition) is 2. The van der Waals surface area contributed by atoms with Gasteiger partial charge in [-0.3, -0.25) is 4.79 Å². The molecule has 1 fully saturated rings. The molecule has 114 valence electrons. The van der Waals surface area contributed by atoms with E-state index in [1.807, 2.05) is 12.1 Å². The van der Waals surface area contributed by atoms with Crippen LogP contribution in [0.2, 0.25) is 0 Å². The van der Waals surface area contributed by atoms with Crippen molar-refractivity contribution in [3.05, 3.63) is 29.8 Å². The van der Waals surface area contributed by atoms with E-state index in [0.717, 1.165) is 24.9 Å². The van der Waals surface area contributed by atoms with Crippen LogP contribution in [0.5, 0.6) is 0 Å². The molecule has 0 bridgehead atoms. The smallest absolute Gasteiger partial charge is 0.237 e. The number of aryl methyl sites for hydroxylation is 1. The van der Waals surface area contributed by atoms with E-state index in [9.17, 15) is 4.79 Å². The third-order valence-corrected chi connectivity index (χ3v) is 4.72. The van der Waals surface area contributed by atoms with Crippen molar-refractivity contribution < 1.29 is 4.79 Å². The number of thiocarbonyl (C=S) groups is 1. The van der Waals surface area contributed by atoms with Crippen LogP contribution in [0, 0.1) is 11.3 Å². The lowest BCUT2D eigenvalue weighted by atomic mass is 9.62. The Balaban J connectivity index is 2.00. The van der Waals surface area contributed by atoms with Crippen molar-refractivity contribution in [3.63, 3.8) is 0 Å². The topological polar surface area (TPSA) is 55.1 Å². The highest BCUT2D eigenvalue weighted by Crippen LogP contribution is 2.46. The van der Waals surface area contributed by atoms with E-state index in [0.29, 0.717) is 10.9 Å². The van der Waals surface area contributed by atoms with E-state index in [-0.39, 0.29) is 5.91 Å². The lowest BCUT2D eigenvalue weighted by Gasteiger charge is -2.44. The molecule has 1 aliphatic rings. The number of rotatable bonds is 6. The van der Waals surface area contributed by atoms with Gasteiger partial charge < -0.3 is 11.1 Å². The predicted octanol–water partition coefficient (Wildman–Crippen LogP) is 3.67. The van der Waals surface area contributed by atoms with Gasteiger partial charge in [-0.2, -0.15) is 0 Å². The van der Waals surface area contributed by atoms with Crippen LogP contribution in [0.3, 0.4) is 0 Å². The van der Waals surface area contributed by atoms with Gasteiger partial charge in [0, 0.05) is 5.69 Å². The number of hydrogen-bond donors (Lipinski definition) is 2. The van der Waals surface area contributed by atoms with Crippen molar-refractivity contribution >= 4 is 28.8 Å². The summed E-state index contributed by atoms with van der Waals surface area (Å²) in [6.07, 6.45) is 4.96. The molecular weight excluding hydrogens is 280 g/mol. The molecule has 1 aromatic carbocycles. The van der Waals surface area contributed by atoms with Gasteiger partial charge in [-0.25, -0.2) is 0 Å². The molecule has 0 spiro atoms. The Morgan fingerprint density at radius 2 is 2.00 bits per heavy atom. The summed E-state index contributed by atoms with van der Waals surface area (Å²) < 4.78 is 0. The van der Waals surface area contributed by atoms with Crippen molar-refractivity contribution in [3.8, 4) is 0 Å². The minimum atomic E-state index is -0.643. The highest BCUT2D eigenvalue weighted by molar-refractivity contribution is 7.80. The van der Waals surface area contributed by atoms with Crippen LogP contribution in [0.4, 0.5) is 5.69 Å². The number of unbranched alkanes of at least 4 members (excludes halogenated alkanes) is 1. The molecule has 0 unspecified atom stereocenters. The summed E-state index contributed by atoms with van der Waals surface area (Å²) in [6, 6.07) is 8.06. The van der Waals surface area contributed by atoms with Crippen LogP contribution >= 0.6 is 12.2 Å². The van der Waals surface area contributed by atoms with Crippen LogP contribution in [-0.4, -0.2) is 10.9 Å². The molecule has 4 heteroatoms. The molecule has 1 aliphatic carbocycles. The first-order valence-corrected chi connectivity index (χ1v) is 8.09. The largest absolute Gasteiger partial charge is 0.392 e. The molecular formula is C17H24N2OS. The molecule has 1 aromatic rings. The zero-order valence-electron chi connectivity index (χ0n) is 12.8. The summed E-state index contributed by atoms with van der Waals surface area (Å²) in [5.41, 5.74) is 7.27. The Bertz CT molecular complexity index is 518. The first kappa shape index (κ1) is 16.0. The predicted molar refractivity (Wildman–Crippen MR) is 91.3 cm³/mol. The standard InChI is InChI=1S/C17H24N2OS/c1-3-4-5-13-6-8-14(9-7-13)19-16(20)17(15(18)21)10-12(2)11-17/h6-9,12H,3-5,10-11H2,1-2H3,(H2,18,21)(H,19,20). The van der Waals surface area contributed by atoms with Crippen LogP contribution in [-0.2, 0) is 11.2 Å². The van der Waals surface area contributed by atoms with Gasteiger partial charge in [-0.1, -0.05) is 44.6 Å². The highest BCUT2D eigenvalue weighted by Gasteiger charge is 2.50. The third-order valence-electron chi connectivity index (χ3n) is 4.33. The molecule has 0 atom stereocenters. The van der Waals surface area contributed by atoms with E-state index < -0.39 is 5.41 Å². The fourth-order valence-corrected chi connectivity index (χ4v) is 3.27. The molecule has 0 aliphatic heterocycles. The monoisotopic (exact) mass is 304 g/mol. The van der Waals surface area contributed by atoms with Gasteiger partial charge >= 0.3 is 0 Å². The molecule has 21 heavy (non-hydrogen) atoms. The number of carbonyl (C=O) groups excluding carboxylic acids is 1. The van der Waals surface area contributed by atoms with Crippen molar-refractivity contribution in [2.75, 3.05) is 5.32 Å². The minimum Gasteiger partial charge on any atom is -0.392 e. The molecule has 0 heterocycles. The van der Waals surface area contributed by atoms with Gasteiger partial charge in [0.2, 0.25) is 5.91 Å². The number of carbonyl (C=O) groups is 1. The zero-order valence-corrected chi connectivity index (χ0v) is 13.6. The fraction of sp³-hybridized carbons (Fsp3) is 0.529. The van der Waals surface area contributed by atoms with Crippen LogP contribution in [0.25, 0.3) is 0 Å². The number of anilines is 1. The Morgan fingerprint density at radius 1 is 1.38 bits per heavy atom. The zero-order chi connectivity index (χ0) is 15.5. The quantitative estimate of drug-likeness (QED) is 0.788. The summed E-state index contributed by atoms with van der Waals surface area (Å²) in [7, 11) is 0. The summed E-state index contributed by atoms with van der Waals surface area (Å²) in [5.74, 6) is 0.447. The Labute approximate surface area is 132 Å². The van der Waals surface area contributed by atoms with Crippen LogP contribution < -0.4 is 11.1 Å². The Kier molecular flexibility index (Phi) is 4.99. The van der Waals surface area contributed by atoms with Crippen molar-refractivity contribution in [2.24, 2.45) is 17.1 Å². The fourth-order valence-electron chi connectivity index (χ4n) is 3.01. The van der Waals surface area contributed by atoms with Crippen molar-refractivity contribution in [2.45, 2.75) is 46.0 Å². The van der Waals surface area contributed by atoms with Gasteiger partial charge in [0.1, 0.15) is 0 Å². The normalized spacial score (nSPS) is 24.2. The van der Waals surface area contributed by atoms with E-state index >= 15 is 0 Å². The van der Waals surface area contributed by atoms with E-state index in [4.69, 9.17) is 18.0 Å². The average molecular weight is 304 g/mol. The molecule has 3 nitrogen and oxygen atoms in total. The molecule has 0 radical (unpaired) electrons. The summed E-state index contributed by atoms with van der Waals surface area (Å²) in [4.78, 5) is 12.8. The number of amides is 1. The second kappa shape index (κ2) is 6.56. The summed E-state index contributed by atoms with van der Waals surface area (Å²) in [6.45, 7) is 4.30. The molecule has 3 N–H and O–H groups in total. The van der Waals surface area contributed by atoms with Crippen LogP contribution in [0.15, 0.2) is 24.3 Å². The van der Waals surface area contributed by atoms with E-state index in [2.05, 4.69) is 31.3 Å². The summed E-state index contributed by atoms with van der Waals surface area (Å²) in [5, 5.41) is 2.96. The highest BCUT2D eigenvalue weighted by atomic mass is 32.1. The first-order chi connectivity index (χ1) is 9.98. The van der Waals surface area contributed by atoms with Crippen molar-refractivity contribution in [1.29, 1.82) is 0 Å². The maximum absolute atomic E-state index is 12.5. The maximum Gasteiger partial charge on any atom is 0.237 e. The molecule has 0 saturated heterocycles. The second-order valence-corrected chi connectivity index (χ2v) is 6.65. The van der Waals surface area contributed by atoms with Gasteiger partial charge in [-0.05, 0) is 49.3 Å². The van der Waals surface area contributed by atoms with E-state index in [1.54, 1.807) is 0 Å². The minimum absolute atomic E-state index is 0.0607. The number of benzene rings is 1. The number of nitrogens with two attached hydrogens (primary N) is 1. The van der Waals surface area contributed by atoms with Gasteiger partial charge in [-0.15, -0.1) is 0 Å². The van der Waals surface area contributed by atoms with Crippen molar-refractivity contribution in [1.82, 2.24) is 0 Å².